The molecule has 3 unspecified atom stereocenters. The number of nitrogens with one attached hydrogen (secondary N) is 3. The van der Waals surface area contributed by atoms with Crippen molar-refractivity contribution in [2.24, 2.45) is 0 Å². The lowest BCUT2D eigenvalue weighted by molar-refractivity contribution is -0.140. The highest BCUT2D eigenvalue weighted by Gasteiger charge is 2.44. The number of piperidine rings is 1. The van der Waals surface area contributed by atoms with Crippen molar-refractivity contribution in [1.82, 2.24) is 29.8 Å². The number of anilines is 2. The van der Waals surface area contributed by atoms with Gasteiger partial charge in [0.15, 0.2) is 0 Å². The number of aromatic nitrogens is 4. The van der Waals surface area contributed by atoms with Crippen LogP contribution in [0.5, 0.6) is 5.75 Å². The lowest BCUT2D eigenvalue weighted by atomic mass is 9.94. The summed E-state index contributed by atoms with van der Waals surface area (Å²) in [5.74, 6) is -3.81. The third-order valence-corrected chi connectivity index (χ3v) is 14.3. The number of amides is 5. The highest BCUT2D eigenvalue weighted by molar-refractivity contribution is 6.23. The summed E-state index contributed by atoms with van der Waals surface area (Å²) >= 11 is 0. The molecule has 0 aliphatic carbocycles. The average Bonchev–Trinajstić information content (AvgIpc) is 2.18. The maximum Gasteiger partial charge on any atom is 0.305 e. The minimum atomic E-state index is -1.24. The number of carboxylic acids is 1. The van der Waals surface area contributed by atoms with Crippen molar-refractivity contribution in [3.05, 3.63) is 137 Å². The van der Waals surface area contributed by atoms with Gasteiger partial charge in [-0.25, -0.2) is 9.07 Å². The van der Waals surface area contributed by atoms with Gasteiger partial charge in [0.2, 0.25) is 11.8 Å². The fourth-order valence-electron chi connectivity index (χ4n) is 10.3. The number of rotatable bonds is 35. The van der Waals surface area contributed by atoms with Gasteiger partial charge in [-0.15, -0.1) is 5.10 Å². The number of aliphatic carboxylic acids is 1. The van der Waals surface area contributed by atoms with E-state index in [0.717, 1.165) is 17.0 Å². The van der Waals surface area contributed by atoms with Crippen LogP contribution in [0.1, 0.15) is 107 Å². The van der Waals surface area contributed by atoms with Gasteiger partial charge in [0, 0.05) is 48.3 Å². The Morgan fingerprint density at radius 3 is 2.16 bits per heavy atom. The van der Waals surface area contributed by atoms with Crippen molar-refractivity contribution in [2.45, 2.75) is 102 Å². The van der Waals surface area contributed by atoms with Crippen LogP contribution in [0.15, 0.2) is 103 Å². The van der Waals surface area contributed by atoms with Gasteiger partial charge in [0.05, 0.1) is 113 Å². The highest BCUT2D eigenvalue weighted by Crippen LogP contribution is 2.44. The Kier molecular flexibility index (Phi) is 23.0. The molecule has 2 aliphatic heterocycles. The Balaban J connectivity index is 0.733. The number of halogens is 1. The van der Waals surface area contributed by atoms with E-state index in [1.807, 2.05) is 67.1 Å². The number of imide groups is 2. The molecule has 0 radical (unpaired) electrons. The lowest BCUT2D eigenvalue weighted by Crippen LogP contribution is -2.54. The number of benzene rings is 4. The van der Waals surface area contributed by atoms with E-state index >= 15 is 0 Å². The van der Waals surface area contributed by atoms with E-state index in [1.54, 1.807) is 47.1 Å². The van der Waals surface area contributed by atoms with Crippen LogP contribution in [0.4, 0.5) is 15.8 Å². The van der Waals surface area contributed by atoms with Gasteiger partial charge >= 0.3 is 5.97 Å². The fourth-order valence-corrected chi connectivity index (χ4v) is 10.3. The molecule has 5 amide bonds. The molecule has 8 rings (SSSR count). The van der Waals surface area contributed by atoms with Crippen LogP contribution < -0.4 is 20.7 Å². The minimum absolute atomic E-state index is 0.0544. The smallest absolute Gasteiger partial charge is 0.305 e. The summed E-state index contributed by atoms with van der Waals surface area (Å²) < 4.78 is 47.1. The zero-order chi connectivity index (χ0) is 60.2. The normalized spacial score (nSPS) is 14.8. The number of carbonyl (C=O) groups excluding carboxylic acids is 5. The van der Waals surface area contributed by atoms with Crippen LogP contribution in [0.2, 0.25) is 0 Å². The van der Waals surface area contributed by atoms with E-state index in [-0.39, 0.29) is 55.2 Å². The molecule has 2 aliphatic rings. The van der Waals surface area contributed by atoms with Crippen LogP contribution in [0.3, 0.4) is 0 Å². The molecule has 85 heavy (non-hydrogen) atoms. The first-order valence-corrected chi connectivity index (χ1v) is 28.6. The summed E-state index contributed by atoms with van der Waals surface area (Å²) in [5.41, 5.74) is 6.05. The monoisotopic (exact) mass is 1170 g/mol. The van der Waals surface area contributed by atoms with Crippen molar-refractivity contribution in [1.29, 1.82) is 0 Å². The summed E-state index contributed by atoms with van der Waals surface area (Å²) in [6, 6.07) is 26.4. The van der Waals surface area contributed by atoms with E-state index in [0.29, 0.717) is 136 Å². The first-order chi connectivity index (χ1) is 41.1. The van der Waals surface area contributed by atoms with Crippen LogP contribution in [0.25, 0.3) is 22.4 Å². The molecule has 1 saturated heterocycles. The number of unbranched alkanes of at least 4 members (excludes halogenated alkanes) is 1. The van der Waals surface area contributed by atoms with Gasteiger partial charge < -0.3 is 54.2 Å². The number of carboxylic acid groups (broad SMARTS) is 1. The molecule has 3 atom stereocenters. The first kappa shape index (κ1) is 62.8. The summed E-state index contributed by atoms with van der Waals surface area (Å²) in [4.78, 5) is 76.7. The molecule has 22 nitrogen and oxygen atoms in total. The molecule has 6 aromatic rings. The minimum Gasteiger partial charge on any atom is -0.494 e. The second kappa shape index (κ2) is 31.1. The molecule has 0 saturated carbocycles. The molecule has 1 fully saturated rings. The number of nitrogens with zero attached hydrogens (tertiary/aromatic N) is 5. The average molecular weight is 1170 g/mol. The van der Waals surface area contributed by atoms with Crippen LogP contribution in [-0.4, -0.2) is 160 Å². The van der Waals surface area contributed by atoms with E-state index in [9.17, 15) is 48.5 Å². The Morgan fingerprint density at radius 2 is 1.46 bits per heavy atom. The van der Waals surface area contributed by atoms with Gasteiger partial charge in [0.1, 0.15) is 17.6 Å². The Bertz CT molecular complexity index is 3240. The Hall–Kier alpha value is -8.19. The zero-order valence-electron chi connectivity index (χ0n) is 47.7. The number of aliphatic hydroxyl groups is 2. The molecular formula is C62H73FN8O14. The van der Waals surface area contributed by atoms with Crippen LogP contribution in [-0.2, 0) is 52.8 Å². The van der Waals surface area contributed by atoms with Gasteiger partial charge in [-0.05, 0) is 122 Å². The number of carbonyl (C=O) groups is 6. The topological polar surface area (TPSA) is 284 Å². The SMILES string of the molecule is CC(C)c1c(C(=O)Nc2ccccc2)c(-c2cccc(OCCCCc3cn(CCOCCOCCOCCOCCNc4ccc5c(c4)C(=O)N(C4CCC(=O)NC4=O)C5=O)nn3)c2)c(-c2ccc(F)cc2)n1CCC(O)CC(O)CC(=O)O. The maximum absolute atomic E-state index is 14.7. The Morgan fingerprint density at radius 1 is 0.753 bits per heavy atom. The summed E-state index contributed by atoms with van der Waals surface area (Å²) in [5, 5.41) is 47.6. The van der Waals surface area contributed by atoms with Gasteiger partial charge in [-0.3, -0.25) is 39.0 Å². The molecule has 2 aromatic heterocycles. The van der Waals surface area contributed by atoms with Crippen molar-refractivity contribution < 1.29 is 72.2 Å². The maximum atomic E-state index is 14.7. The number of para-hydroxylation sites is 1. The zero-order valence-corrected chi connectivity index (χ0v) is 47.7. The molecule has 23 heteroatoms. The van der Waals surface area contributed by atoms with Gasteiger partial charge in [-0.2, -0.15) is 0 Å². The quantitative estimate of drug-likeness (QED) is 0.0175. The second-order valence-corrected chi connectivity index (χ2v) is 20.9. The summed E-state index contributed by atoms with van der Waals surface area (Å²) in [7, 11) is 0. The molecule has 4 aromatic carbocycles. The molecule has 452 valence electrons. The van der Waals surface area contributed by atoms with E-state index in [4.69, 9.17) is 23.7 Å². The molecule has 0 bridgehead atoms. The van der Waals surface area contributed by atoms with E-state index in [1.165, 1.54) is 12.1 Å². The number of fused-ring (bicyclic) bond motifs is 1. The third-order valence-electron chi connectivity index (χ3n) is 14.3. The van der Waals surface area contributed by atoms with Crippen LogP contribution in [0, 0.1) is 5.82 Å². The third kappa shape index (κ3) is 17.5. The summed E-state index contributed by atoms with van der Waals surface area (Å²) in [6.07, 6.45) is 1.40. The van der Waals surface area contributed by atoms with Crippen molar-refractivity contribution >= 4 is 46.9 Å². The predicted molar refractivity (Wildman–Crippen MR) is 311 cm³/mol. The van der Waals surface area contributed by atoms with Crippen molar-refractivity contribution in [3.63, 3.8) is 0 Å². The Labute approximate surface area is 491 Å². The first-order valence-electron chi connectivity index (χ1n) is 28.6. The standard InChI is InChI=1S/C62H73FN8O14/c1-40(2)57-56(60(78)65-44-10-4-3-5-11-44)55(58(41-14-16-43(63)17-15-41)70(57)24-22-47(72)37-48(73)38-54(75)76)42-9-8-13-49(35-42)85-26-7-6-12-46-39-69(68-67-46)25-28-82-30-32-84-34-33-83-31-29-81-27-23-64-45-18-19-50-51(36-45)62(80)71(61(50)79)52-20-21-53(74)66-59(52)77/h3-5,8-11,13-19,35-36,39-40,47-48,52,64,72-73H,6-7,12,20-34,37-38H2,1-2H3,(H,65,78)(H,75,76)(H,66,74,77). The fraction of sp³-hybridized carbons (Fsp3) is 0.419. The molecule has 4 heterocycles. The molecular weight excluding hydrogens is 1100 g/mol. The van der Waals surface area contributed by atoms with E-state index < -0.39 is 60.1 Å². The van der Waals surface area contributed by atoms with Crippen LogP contribution >= 0.6 is 0 Å². The number of hydrogen-bond acceptors (Lipinski definition) is 16. The lowest BCUT2D eigenvalue weighted by Gasteiger charge is -2.27. The highest BCUT2D eigenvalue weighted by atomic mass is 19.1. The summed E-state index contributed by atoms with van der Waals surface area (Å²) in [6.45, 7) is 8.60. The second-order valence-electron chi connectivity index (χ2n) is 20.9. The van der Waals surface area contributed by atoms with Gasteiger partial charge in [0.25, 0.3) is 17.7 Å². The number of ether oxygens (including phenoxy) is 5. The molecule has 0 spiro atoms. The number of aliphatic hydroxyl groups excluding tert-OH is 2. The predicted octanol–water partition coefficient (Wildman–Crippen LogP) is 6.89. The number of aryl methyl sites for hydroxylation is 1. The number of hydrogen-bond donors (Lipinski definition) is 6. The van der Waals surface area contributed by atoms with Crippen molar-refractivity contribution in [3.8, 4) is 28.1 Å². The molecule has 6 N–H and O–H groups in total. The van der Waals surface area contributed by atoms with Gasteiger partial charge in [-0.1, -0.05) is 49.4 Å². The van der Waals surface area contributed by atoms with Crippen molar-refractivity contribution in [2.75, 3.05) is 76.6 Å². The largest absolute Gasteiger partial charge is 0.494 e. The van der Waals surface area contributed by atoms with E-state index in [2.05, 4.69) is 26.3 Å².